The van der Waals surface area contributed by atoms with Crippen LogP contribution >= 0.6 is 0 Å². The smallest absolute Gasteiger partial charge is 0.226 e. The minimum absolute atomic E-state index is 0.0263. The summed E-state index contributed by atoms with van der Waals surface area (Å²) >= 11 is 0. The van der Waals surface area contributed by atoms with Gasteiger partial charge < -0.3 is 9.15 Å². The van der Waals surface area contributed by atoms with Crippen LogP contribution in [0.3, 0.4) is 0 Å². The summed E-state index contributed by atoms with van der Waals surface area (Å²) in [5.41, 5.74) is 1.78. The van der Waals surface area contributed by atoms with E-state index >= 15 is 0 Å². The molecule has 3 rings (SSSR count). The molecule has 7 nitrogen and oxygen atoms in total. The van der Waals surface area contributed by atoms with E-state index in [1.165, 1.54) is 6.26 Å². The second-order valence-electron chi connectivity index (χ2n) is 6.31. The predicted molar refractivity (Wildman–Crippen MR) is 94.8 cm³/mol. The second kappa shape index (κ2) is 7.55. The first-order chi connectivity index (χ1) is 11.9. The van der Waals surface area contributed by atoms with Crippen LogP contribution < -0.4 is 9.46 Å². The Hall–Kier alpha value is -1.90. The van der Waals surface area contributed by atoms with Crippen LogP contribution in [0.2, 0.25) is 0 Å². The van der Waals surface area contributed by atoms with Crippen LogP contribution in [0.4, 0.5) is 0 Å². The van der Waals surface area contributed by atoms with Gasteiger partial charge in [0.25, 0.3) is 0 Å². The zero-order valence-electron chi connectivity index (χ0n) is 14.4. The Bertz CT molecular complexity index is 794. The summed E-state index contributed by atoms with van der Waals surface area (Å²) in [6.45, 7) is 2.36. The van der Waals surface area contributed by atoms with E-state index in [1.807, 2.05) is 24.3 Å². The number of sulfonamides is 1. The normalized spacial score (nSPS) is 16.9. The summed E-state index contributed by atoms with van der Waals surface area (Å²) < 4.78 is 36.0. The largest absolute Gasteiger partial charge is 0.497 e. The summed E-state index contributed by atoms with van der Waals surface area (Å²) in [5.74, 6) is 1.38. The van der Waals surface area contributed by atoms with Gasteiger partial charge in [-0.2, -0.15) is 0 Å². The zero-order chi connectivity index (χ0) is 17.9. The molecule has 1 aromatic heterocycles. The molecule has 1 aliphatic rings. The van der Waals surface area contributed by atoms with Crippen LogP contribution in [-0.2, 0) is 16.6 Å². The highest BCUT2D eigenvalue weighted by atomic mass is 32.2. The standard InChI is InChI=1S/C17H23N3O4S/c1-23-16-5-3-13(4-6-16)17-18-15(12-24-17)11-20-9-7-14(8-10-20)19-25(2,21)22/h3-6,12,14,19H,7-11H2,1-2H3. The van der Waals surface area contributed by atoms with E-state index in [4.69, 9.17) is 9.15 Å². The lowest BCUT2D eigenvalue weighted by Crippen LogP contribution is -2.43. The van der Waals surface area contributed by atoms with Crippen LogP contribution in [-0.4, -0.2) is 50.8 Å². The van der Waals surface area contributed by atoms with Gasteiger partial charge in [-0.15, -0.1) is 0 Å². The number of methoxy groups -OCH3 is 1. The fourth-order valence-electron chi connectivity index (χ4n) is 2.99. The van der Waals surface area contributed by atoms with Crippen molar-refractivity contribution in [2.75, 3.05) is 26.5 Å². The molecule has 136 valence electrons. The summed E-state index contributed by atoms with van der Waals surface area (Å²) in [6.07, 6.45) is 4.49. The molecule has 1 aromatic carbocycles. The lowest BCUT2D eigenvalue weighted by atomic mass is 10.1. The summed E-state index contributed by atoms with van der Waals surface area (Å²) in [5, 5.41) is 0. The van der Waals surface area contributed by atoms with Crippen molar-refractivity contribution in [2.45, 2.75) is 25.4 Å². The number of nitrogens with zero attached hydrogens (tertiary/aromatic N) is 2. The van der Waals surface area contributed by atoms with Gasteiger partial charge in [-0.05, 0) is 37.1 Å². The highest BCUT2D eigenvalue weighted by Crippen LogP contribution is 2.22. The van der Waals surface area contributed by atoms with Crippen molar-refractivity contribution in [2.24, 2.45) is 0 Å². The van der Waals surface area contributed by atoms with Crippen LogP contribution in [0.5, 0.6) is 5.75 Å². The van der Waals surface area contributed by atoms with E-state index < -0.39 is 10.0 Å². The third-order valence-corrected chi connectivity index (χ3v) is 5.00. The average molecular weight is 365 g/mol. The van der Waals surface area contributed by atoms with Gasteiger partial charge in [0, 0.05) is 31.2 Å². The molecule has 2 heterocycles. The molecule has 8 heteroatoms. The number of ether oxygens (including phenoxy) is 1. The second-order valence-corrected chi connectivity index (χ2v) is 8.09. The number of hydrogen-bond acceptors (Lipinski definition) is 6. The topological polar surface area (TPSA) is 84.7 Å². The highest BCUT2D eigenvalue weighted by Gasteiger charge is 2.22. The Morgan fingerprint density at radius 2 is 1.96 bits per heavy atom. The number of likely N-dealkylation sites (tertiary alicyclic amines) is 1. The Kier molecular flexibility index (Phi) is 5.41. The van der Waals surface area contributed by atoms with Crippen molar-refractivity contribution in [3.63, 3.8) is 0 Å². The molecule has 0 unspecified atom stereocenters. The number of oxazole rings is 1. The van der Waals surface area contributed by atoms with Gasteiger partial charge in [0.15, 0.2) is 0 Å². The minimum atomic E-state index is -3.14. The molecule has 0 amide bonds. The molecule has 1 N–H and O–H groups in total. The molecule has 0 radical (unpaired) electrons. The van der Waals surface area contributed by atoms with E-state index in [9.17, 15) is 8.42 Å². The molecule has 1 fully saturated rings. The van der Waals surface area contributed by atoms with E-state index in [1.54, 1.807) is 13.4 Å². The number of nitrogens with one attached hydrogen (secondary N) is 1. The Morgan fingerprint density at radius 3 is 2.56 bits per heavy atom. The minimum Gasteiger partial charge on any atom is -0.497 e. The lowest BCUT2D eigenvalue weighted by molar-refractivity contribution is 0.198. The fourth-order valence-corrected chi connectivity index (χ4v) is 3.83. The molecule has 2 aromatic rings. The van der Waals surface area contributed by atoms with Crippen LogP contribution in [0, 0.1) is 0 Å². The van der Waals surface area contributed by atoms with Gasteiger partial charge in [0.2, 0.25) is 15.9 Å². The number of piperidine rings is 1. The van der Waals surface area contributed by atoms with E-state index in [2.05, 4.69) is 14.6 Å². The van der Waals surface area contributed by atoms with Gasteiger partial charge in [-0.1, -0.05) is 0 Å². The summed E-state index contributed by atoms with van der Waals surface area (Å²) in [4.78, 5) is 6.81. The Labute approximate surface area is 148 Å². The molecule has 1 saturated heterocycles. The highest BCUT2D eigenvalue weighted by molar-refractivity contribution is 7.88. The van der Waals surface area contributed by atoms with Gasteiger partial charge in [0.1, 0.15) is 12.0 Å². The molecule has 0 saturated carbocycles. The zero-order valence-corrected chi connectivity index (χ0v) is 15.3. The van der Waals surface area contributed by atoms with Crippen molar-refractivity contribution in [1.29, 1.82) is 0 Å². The molecule has 0 atom stereocenters. The van der Waals surface area contributed by atoms with Crippen molar-refractivity contribution in [1.82, 2.24) is 14.6 Å². The van der Waals surface area contributed by atoms with Crippen molar-refractivity contribution >= 4 is 10.0 Å². The quantitative estimate of drug-likeness (QED) is 0.841. The van der Waals surface area contributed by atoms with Crippen molar-refractivity contribution < 1.29 is 17.6 Å². The number of aromatic nitrogens is 1. The lowest BCUT2D eigenvalue weighted by Gasteiger charge is -2.31. The van der Waals surface area contributed by atoms with Gasteiger partial charge >= 0.3 is 0 Å². The van der Waals surface area contributed by atoms with Crippen LogP contribution in [0.1, 0.15) is 18.5 Å². The van der Waals surface area contributed by atoms with Crippen LogP contribution in [0.15, 0.2) is 34.9 Å². The monoisotopic (exact) mass is 365 g/mol. The first kappa shape index (κ1) is 17.9. The van der Waals surface area contributed by atoms with Gasteiger partial charge in [-0.25, -0.2) is 18.1 Å². The van der Waals surface area contributed by atoms with Gasteiger partial charge in [0.05, 0.1) is 19.1 Å². The predicted octanol–water partition coefficient (Wildman–Crippen LogP) is 1.86. The number of rotatable bonds is 6. The third-order valence-electron chi connectivity index (χ3n) is 4.24. The number of hydrogen-bond donors (Lipinski definition) is 1. The number of benzene rings is 1. The van der Waals surface area contributed by atoms with E-state index in [-0.39, 0.29) is 6.04 Å². The average Bonchev–Trinajstić information content (AvgIpc) is 3.04. The SMILES string of the molecule is COc1ccc(-c2nc(CN3CCC(NS(C)(=O)=O)CC3)co2)cc1. The molecule has 25 heavy (non-hydrogen) atoms. The maximum atomic E-state index is 11.3. The molecule has 1 aliphatic heterocycles. The van der Waals surface area contributed by atoms with Gasteiger partial charge in [-0.3, -0.25) is 4.90 Å². The maximum Gasteiger partial charge on any atom is 0.226 e. The first-order valence-electron chi connectivity index (χ1n) is 8.21. The molecular formula is C17H23N3O4S. The summed E-state index contributed by atoms with van der Waals surface area (Å²) in [6, 6.07) is 7.60. The Balaban J connectivity index is 1.55. The first-order valence-corrected chi connectivity index (χ1v) is 10.1. The van der Waals surface area contributed by atoms with E-state index in [0.29, 0.717) is 12.4 Å². The van der Waals surface area contributed by atoms with E-state index in [0.717, 1.165) is 42.9 Å². The molecule has 0 aliphatic carbocycles. The third kappa shape index (κ3) is 5.04. The van der Waals surface area contributed by atoms with Crippen LogP contribution in [0.25, 0.3) is 11.5 Å². The van der Waals surface area contributed by atoms with Crippen molar-refractivity contribution in [3.8, 4) is 17.2 Å². The molecule has 0 spiro atoms. The van der Waals surface area contributed by atoms with Crippen molar-refractivity contribution in [3.05, 3.63) is 36.2 Å². The Morgan fingerprint density at radius 1 is 1.28 bits per heavy atom. The maximum absolute atomic E-state index is 11.3. The molecule has 0 bridgehead atoms. The summed E-state index contributed by atoms with van der Waals surface area (Å²) in [7, 11) is -1.51. The fraction of sp³-hybridized carbons (Fsp3) is 0.471. The molecular weight excluding hydrogens is 342 g/mol.